The minimum absolute atomic E-state index is 0.0345. The van der Waals surface area contributed by atoms with Crippen molar-refractivity contribution in [3.05, 3.63) is 70.7 Å². The summed E-state index contributed by atoms with van der Waals surface area (Å²) < 4.78 is 14.9. The van der Waals surface area contributed by atoms with Crippen molar-refractivity contribution in [1.82, 2.24) is 14.5 Å². The average molecular weight is 341 g/mol. The van der Waals surface area contributed by atoms with Crippen LogP contribution in [0.2, 0.25) is 0 Å². The van der Waals surface area contributed by atoms with E-state index in [0.717, 1.165) is 25.1 Å². The van der Waals surface area contributed by atoms with Gasteiger partial charge in [-0.1, -0.05) is 6.07 Å². The number of nitrogens with zero attached hydrogens (tertiary/aromatic N) is 3. The fourth-order valence-electron chi connectivity index (χ4n) is 3.19. The van der Waals surface area contributed by atoms with Crippen LogP contribution in [0.15, 0.2) is 54.3 Å². The number of thiophene rings is 1. The van der Waals surface area contributed by atoms with E-state index in [1.165, 1.54) is 17.0 Å². The van der Waals surface area contributed by atoms with E-state index < -0.39 is 0 Å². The predicted octanol–water partition coefficient (Wildman–Crippen LogP) is 4.05. The molecule has 122 valence electrons. The van der Waals surface area contributed by atoms with E-state index in [1.54, 1.807) is 40.6 Å². The molecule has 0 N–H and O–H groups in total. The van der Waals surface area contributed by atoms with E-state index in [2.05, 4.69) is 11.1 Å². The van der Waals surface area contributed by atoms with Crippen LogP contribution in [0.4, 0.5) is 4.39 Å². The minimum atomic E-state index is -0.302. The molecule has 0 radical (unpaired) electrons. The number of carbonyl (C=O) groups excluding carboxylic acids is 1. The summed E-state index contributed by atoms with van der Waals surface area (Å²) in [5.41, 5.74) is 1.23. The van der Waals surface area contributed by atoms with E-state index in [9.17, 15) is 9.18 Å². The van der Waals surface area contributed by atoms with Gasteiger partial charge in [-0.25, -0.2) is 9.37 Å². The Morgan fingerprint density at radius 2 is 2.08 bits per heavy atom. The lowest BCUT2D eigenvalue weighted by Gasteiger charge is -2.24. The Hall–Kier alpha value is -2.47. The molecule has 0 spiro atoms. The van der Waals surface area contributed by atoms with Gasteiger partial charge in [-0.2, -0.15) is 0 Å². The maximum Gasteiger partial charge on any atom is 0.273 e. The fourth-order valence-corrected chi connectivity index (χ4v) is 4.07. The number of amides is 1. The van der Waals surface area contributed by atoms with Gasteiger partial charge in [-0.3, -0.25) is 9.36 Å². The van der Waals surface area contributed by atoms with Crippen LogP contribution < -0.4 is 0 Å². The van der Waals surface area contributed by atoms with Crippen LogP contribution in [0.3, 0.4) is 0 Å². The Balaban J connectivity index is 1.66. The second kappa shape index (κ2) is 6.20. The first-order valence-corrected chi connectivity index (χ1v) is 8.74. The molecule has 0 bridgehead atoms. The molecular formula is C18H16FN3OS. The maximum absolute atomic E-state index is 13.1. The van der Waals surface area contributed by atoms with Gasteiger partial charge in [0.15, 0.2) is 0 Å². The standard InChI is InChI=1S/C18H16FN3OS/c19-13-5-7-14(8-6-13)22-12-20-11-16(22)18(23)21-9-1-3-15(21)17-4-2-10-24-17/h2,4-8,10-12,15H,1,3,9H2/t15-/m0/s1. The molecule has 1 amide bonds. The van der Waals surface area contributed by atoms with Crippen LogP contribution in [0.1, 0.15) is 34.2 Å². The van der Waals surface area contributed by atoms with E-state index >= 15 is 0 Å². The second-order valence-electron chi connectivity index (χ2n) is 5.80. The van der Waals surface area contributed by atoms with Gasteiger partial charge < -0.3 is 4.90 Å². The number of rotatable bonds is 3. The van der Waals surface area contributed by atoms with Crippen molar-refractivity contribution in [2.45, 2.75) is 18.9 Å². The van der Waals surface area contributed by atoms with Crippen molar-refractivity contribution in [1.29, 1.82) is 0 Å². The normalized spacial score (nSPS) is 17.4. The average Bonchev–Trinajstić information content (AvgIpc) is 3.34. The number of likely N-dealkylation sites (tertiary alicyclic amines) is 1. The largest absolute Gasteiger partial charge is 0.329 e. The zero-order valence-corrected chi connectivity index (χ0v) is 13.7. The summed E-state index contributed by atoms with van der Waals surface area (Å²) in [5.74, 6) is -0.336. The first kappa shape index (κ1) is 15.1. The van der Waals surface area contributed by atoms with Crippen molar-refractivity contribution in [2.75, 3.05) is 6.54 Å². The number of hydrogen-bond donors (Lipinski definition) is 0. The van der Waals surface area contributed by atoms with Gasteiger partial charge in [0.2, 0.25) is 0 Å². The van der Waals surface area contributed by atoms with Crippen molar-refractivity contribution in [3.63, 3.8) is 0 Å². The third-order valence-electron chi connectivity index (χ3n) is 4.35. The number of aromatic nitrogens is 2. The molecule has 1 aromatic carbocycles. The summed E-state index contributed by atoms with van der Waals surface area (Å²) in [5, 5.41) is 2.04. The molecule has 0 aliphatic carbocycles. The molecule has 1 aliphatic heterocycles. The molecule has 1 fully saturated rings. The van der Waals surface area contributed by atoms with Crippen molar-refractivity contribution in [2.24, 2.45) is 0 Å². The predicted molar refractivity (Wildman–Crippen MR) is 90.9 cm³/mol. The summed E-state index contributed by atoms with van der Waals surface area (Å²) in [6.45, 7) is 0.746. The first-order chi connectivity index (χ1) is 11.7. The first-order valence-electron chi connectivity index (χ1n) is 7.87. The number of imidazole rings is 1. The molecule has 3 aromatic rings. The zero-order chi connectivity index (χ0) is 16.5. The highest BCUT2D eigenvalue weighted by Crippen LogP contribution is 2.35. The molecule has 0 unspecified atom stereocenters. The lowest BCUT2D eigenvalue weighted by molar-refractivity contribution is 0.0729. The summed E-state index contributed by atoms with van der Waals surface area (Å²) in [6.07, 6.45) is 5.15. The van der Waals surface area contributed by atoms with E-state index in [1.807, 2.05) is 16.3 Å². The Morgan fingerprint density at radius 3 is 2.83 bits per heavy atom. The van der Waals surface area contributed by atoms with Crippen molar-refractivity contribution < 1.29 is 9.18 Å². The van der Waals surface area contributed by atoms with Crippen LogP contribution in [0.25, 0.3) is 5.69 Å². The SMILES string of the molecule is O=C(c1cncn1-c1ccc(F)cc1)N1CCC[C@H]1c1cccs1. The lowest BCUT2D eigenvalue weighted by Crippen LogP contribution is -2.31. The van der Waals surface area contributed by atoms with Gasteiger partial charge in [-0.15, -0.1) is 11.3 Å². The summed E-state index contributed by atoms with van der Waals surface area (Å²) >= 11 is 1.68. The number of benzene rings is 1. The van der Waals surface area contributed by atoms with Gasteiger partial charge >= 0.3 is 0 Å². The molecule has 0 saturated carbocycles. The highest BCUT2D eigenvalue weighted by Gasteiger charge is 2.32. The topological polar surface area (TPSA) is 38.1 Å². The molecular weight excluding hydrogens is 325 g/mol. The van der Waals surface area contributed by atoms with Gasteiger partial charge in [0.05, 0.1) is 18.6 Å². The third kappa shape index (κ3) is 2.63. The number of hydrogen-bond acceptors (Lipinski definition) is 3. The van der Waals surface area contributed by atoms with E-state index in [4.69, 9.17) is 0 Å². The Labute approximate surface area is 143 Å². The highest BCUT2D eigenvalue weighted by atomic mass is 32.1. The molecule has 4 nitrogen and oxygen atoms in total. The Kier molecular flexibility index (Phi) is 3.90. The quantitative estimate of drug-likeness (QED) is 0.721. The Bertz CT molecular complexity index is 842. The van der Waals surface area contributed by atoms with Gasteiger partial charge in [-0.05, 0) is 48.6 Å². The van der Waals surface area contributed by atoms with Crippen LogP contribution in [-0.2, 0) is 0 Å². The van der Waals surface area contributed by atoms with E-state index in [0.29, 0.717) is 5.69 Å². The number of carbonyl (C=O) groups is 1. The molecule has 1 atom stereocenters. The third-order valence-corrected chi connectivity index (χ3v) is 5.32. The molecule has 6 heteroatoms. The summed E-state index contributed by atoms with van der Waals surface area (Å²) in [6, 6.07) is 10.3. The monoisotopic (exact) mass is 341 g/mol. The number of halogens is 1. The molecule has 24 heavy (non-hydrogen) atoms. The van der Waals surface area contributed by atoms with Gasteiger partial charge in [0.25, 0.3) is 5.91 Å². The van der Waals surface area contributed by atoms with Crippen LogP contribution >= 0.6 is 11.3 Å². The summed E-state index contributed by atoms with van der Waals surface area (Å²) in [7, 11) is 0. The smallest absolute Gasteiger partial charge is 0.273 e. The van der Waals surface area contributed by atoms with Crippen molar-refractivity contribution >= 4 is 17.2 Å². The van der Waals surface area contributed by atoms with E-state index in [-0.39, 0.29) is 17.8 Å². The highest BCUT2D eigenvalue weighted by molar-refractivity contribution is 7.10. The van der Waals surface area contributed by atoms with Crippen LogP contribution in [0, 0.1) is 5.82 Å². The zero-order valence-electron chi connectivity index (χ0n) is 12.9. The Morgan fingerprint density at radius 1 is 1.25 bits per heavy atom. The van der Waals surface area contributed by atoms with Crippen LogP contribution in [0.5, 0.6) is 0 Å². The van der Waals surface area contributed by atoms with Crippen molar-refractivity contribution in [3.8, 4) is 5.69 Å². The molecule has 1 aliphatic rings. The molecule has 3 heterocycles. The second-order valence-corrected chi connectivity index (χ2v) is 6.78. The van der Waals surface area contributed by atoms with Crippen LogP contribution in [-0.4, -0.2) is 26.9 Å². The van der Waals surface area contributed by atoms with Gasteiger partial charge in [0.1, 0.15) is 11.5 Å². The molecule has 1 saturated heterocycles. The summed E-state index contributed by atoms with van der Waals surface area (Å²) in [4.78, 5) is 20.3. The fraction of sp³-hybridized carbons (Fsp3) is 0.222. The van der Waals surface area contributed by atoms with Gasteiger partial charge in [0, 0.05) is 17.1 Å². The maximum atomic E-state index is 13.1. The molecule has 2 aromatic heterocycles. The minimum Gasteiger partial charge on any atom is -0.329 e. The lowest BCUT2D eigenvalue weighted by atomic mass is 10.2. The molecule has 4 rings (SSSR count).